The third-order valence-electron chi connectivity index (χ3n) is 0.644. The second kappa shape index (κ2) is 22.4. The summed E-state index contributed by atoms with van der Waals surface area (Å²) >= 11 is 0. The zero-order valence-electron chi connectivity index (χ0n) is 7.49. The van der Waals surface area contributed by atoms with Crippen LogP contribution in [-0.4, -0.2) is 6.54 Å². The van der Waals surface area contributed by atoms with Gasteiger partial charge in [0, 0.05) is 0 Å². The molecule has 0 aliphatic carbocycles. The minimum atomic E-state index is 0. The second-order valence-electron chi connectivity index (χ2n) is 1.75. The van der Waals surface area contributed by atoms with Gasteiger partial charge in [0.1, 0.15) is 0 Å². The summed E-state index contributed by atoms with van der Waals surface area (Å²) < 4.78 is 0. The van der Waals surface area contributed by atoms with E-state index in [0.29, 0.717) is 0 Å². The molecule has 0 aromatic rings. The SMILES string of the molecule is C.CC.C[C-](C)CCN.[K+]. The summed E-state index contributed by atoms with van der Waals surface area (Å²) in [5, 5.41) is 0. The predicted molar refractivity (Wildman–Crippen MR) is 46.3 cm³/mol. The predicted octanol–water partition coefficient (Wildman–Crippen LogP) is -0.384. The van der Waals surface area contributed by atoms with Gasteiger partial charge in [-0.25, -0.2) is 0 Å². The molecule has 1 nitrogen and oxygen atoms in total. The Hall–Kier alpha value is 1.60. The van der Waals surface area contributed by atoms with E-state index < -0.39 is 0 Å². The van der Waals surface area contributed by atoms with Gasteiger partial charge in [-0.05, 0) is 6.54 Å². The Morgan fingerprint density at radius 2 is 1.50 bits per heavy atom. The van der Waals surface area contributed by atoms with Crippen LogP contribution in [0.3, 0.4) is 0 Å². The standard InChI is InChI=1S/C5H12N.C2H6.CH4.K/c1-5(2)3-4-6;1-2;;/h3-4,6H2,1-2H3;1-2H3;1H4;/q-1;;;+1. The number of rotatable bonds is 2. The van der Waals surface area contributed by atoms with Crippen molar-refractivity contribution in [2.75, 3.05) is 6.54 Å². The van der Waals surface area contributed by atoms with E-state index in [4.69, 9.17) is 5.73 Å². The third-order valence-corrected chi connectivity index (χ3v) is 0.644. The maximum Gasteiger partial charge on any atom is 1.00 e. The molecule has 0 saturated heterocycles. The van der Waals surface area contributed by atoms with Crippen LogP contribution in [0.2, 0.25) is 0 Å². The van der Waals surface area contributed by atoms with Crippen LogP contribution in [0.25, 0.3) is 0 Å². The van der Waals surface area contributed by atoms with E-state index in [0.717, 1.165) is 13.0 Å². The molecule has 0 fully saturated rings. The van der Waals surface area contributed by atoms with Crippen molar-refractivity contribution in [2.45, 2.75) is 41.5 Å². The van der Waals surface area contributed by atoms with Gasteiger partial charge in [-0.2, -0.15) is 20.3 Å². The normalized spacial score (nSPS) is 6.60. The zero-order valence-corrected chi connectivity index (χ0v) is 10.6. The Morgan fingerprint density at radius 1 is 1.20 bits per heavy atom. The Labute approximate surface area is 110 Å². The van der Waals surface area contributed by atoms with Gasteiger partial charge in [-0.1, -0.05) is 21.3 Å². The minimum absolute atomic E-state index is 0. The monoisotopic (exact) mass is 171 g/mol. The van der Waals surface area contributed by atoms with Crippen molar-refractivity contribution >= 4 is 0 Å². The molecule has 10 heavy (non-hydrogen) atoms. The van der Waals surface area contributed by atoms with E-state index in [9.17, 15) is 0 Å². The molecule has 0 atom stereocenters. The summed E-state index contributed by atoms with van der Waals surface area (Å²) in [6, 6.07) is 0. The van der Waals surface area contributed by atoms with Gasteiger partial charge >= 0.3 is 51.4 Å². The zero-order chi connectivity index (χ0) is 6.99. The van der Waals surface area contributed by atoms with Crippen molar-refractivity contribution in [2.24, 2.45) is 5.73 Å². The molecule has 2 N–H and O–H groups in total. The van der Waals surface area contributed by atoms with Gasteiger partial charge in [0.05, 0.1) is 0 Å². The van der Waals surface area contributed by atoms with Crippen LogP contribution >= 0.6 is 0 Å². The van der Waals surface area contributed by atoms with Crippen LogP contribution in [0.1, 0.15) is 41.5 Å². The molecule has 2 heteroatoms. The molecule has 0 heterocycles. The van der Waals surface area contributed by atoms with Crippen molar-refractivity contribution in [3.8, 4) is 0 Å². The van der Waals surface area contributed by atoms with Crippen molar-refractivity contribution in [1.82, 2.24) is 0 Å². The molecular formula is C8H22KN. The fraction of sp³-hybridized carbons (Fsp3) is 0.875. The topological polar surface area (TPSA) is 26.0 Å². The van der Waals surface area contributed by atoms with Gasteiger partial charge < -0.3 is 11.7 Å². The van der Waals surface area contributed by atoms with E-state index in [1.54, 1.807) is 0 Å². The van der Waals surface area contributed by atoms with Crippen molar-refractivity contribution in [3.05, 3.63) is 5.92 Å². The van der Waals surface area contributed by atoms with Crippen LogP contribution in [0.15, 0.2) is 0 Å². The Morgan fingerprint density at radius 3 is 1.50 bits per heavy atom. The summed E-state index contributed by atoms with van der Waals surface area (Å²) in [5.41, 5.74) is 5.21. The molecule has 0 rings (SSSR count). The second-order valence-corrected chi connectivity index (χ2v) is 1.75. The Balaban J connectivity index is -0.0000000412. The van der Waals surface area contributed by atoms with E-state index in [-0.39, 0.29) is 58.8 Å². The van der Waals surface area contributed by atoms with Gasteiger partial charge in [0.15, 0.2) is 0 Å². The summed E-state index contributed by atoms with van der Waals surface area (Å²) in [7, 11) is 0. The molecule has 60 valence electrons. The molecule has 0 amide bonds. The molecular weight excluding hydrogens is 149 g/mol. The molecule has 0 saturated carbocycles. The number of hydrogen-bond donors (Lipinski definition) is 1. The number of hydrogen-bond acceptors (Lipinski definition) is 1. The molecule has 0 aromatic heterocycles. The molecule has 0 aliphatic rings. The summed E-state index contributed by atoms with van der Waals surface area (Å²) in [6.07, 6.45) is 1.07. The van der Waals surface area contributed by atoms with Gasteiger partial charge in [-0.3, -0.25) is 0 Å². The maximum absolute atomic E-state index is 5.21. The van der Waals surface area contributed by atoms with Crippen molar-refractivity contribution in [1.29, 1.82) is 0 Å². The first-order valence-electron chi connectivity index (χ1n) is 3.26. The first-order valence-corrected chi connectivity index (χ1v) is 3.26. The summed E-state index contributed by atoms with van der Waals surface area (Å²) in [4.78, 5) is 0. The molecule has 0 radical (unpaired) electrons. The average Bonchev–Trinajstić information content (AvgIpc) is 1.72. The van der Waals surface area contributed by atoms with Crippen LogP contribution in [0.4, 0.5) is 0 Å². The summed E-state index contributed by atoms with van der Waals surface area (Å²) in [5.74, 6) is 1.41. The first-order chi connectivity index (χ1) is 3.77. The molecule has 0 aromatic carbocycles. The largest absolute Gasteiger partial charge is 1.00 e. The van der Waals surface area contributed by atoms with Crippen LogP contribution in [0, 0.1) is 5.92 Å². The van der Waals surface area contributed by atoms with Gasteiger partial charge in [0.25, 0.3) is 0 Å². The summed E-state index contributed by atoms with van der Waals surface area (Å²) in [6.45, 7) is 8.97. The van der Waals surface area contributed by atoms with Gasteiger partial charge in [-0.15, -0.1) is 0 Å². The molecule has 0 bridgehead atoms. The van der Waals surface area contributed by atoms with E-state index in [2.05, 4.69) is 13.8 Å². The minimum Gasteiger partial charge on any atom is -0.333 e. The van der Waals surface area contributed by atoms with E-state index >= 15 is 0 Å². The quantitative estimate of drug-likeness (QED) is 0.445. The molecule has 0 aliphatic heterocycles. The number of nitrogens with two attached hydrogens (primary N) is 1. The Bertz CT molecular complexity index is 30.4. The van der Waals surface area contributed by atoms with Crippen LogP contribution in [-0.2, 0) is 0 Å². The van der Waals surface area contributed by atoms with Crippen LogP contribution < -0.4 is 57.1 Å². The third kappa shape index (κ3) is 33.6. The first kappa shape index (κ1) is 22.6. The fourth-order valence-corrected chi connectivity index (χ4v) is 0.289. The maximum atomic E-state index is 5.21. The molecule has 0 spiro atoms. The van der Waals surface area contributed by atoms with E-state index in [1.807, 2.05) is 13.8 Å². The van der Waals surface area contributed by atoms with Gasteiger partial charge in [0.2, 0.25) is 0 Å². The van der Waals surface area contributed by atoms with Crippen LogP contribution in [0.5, 0.6) is 0 Å². The van der Waals surface area contributed by atoms with E-state index in [1.165, 1.54) is 5.92 Å². The Kier molecular flexibility index (Phi) is 50.6. The van der Waals surface area contributed by atoms with Crippen molar-refractivity contribution in [3.63, 3.8) is 0 Å². The smallest absolute Gasteiger partial charge is 0.333 e. The molecule has 0 unspecified atom stereocenters. The van der Waals surface area contributed by atoms with Crippen molar-refractivity contribution < 1.29 is 51.4 Å². The average molecular weight is 171 g/mol. The fourth-order valence-electron chi connectivity index (χ4n) is 0.289.